The molecule has 0 spiro atoms. The zero-order valence-electron chi connectivity index (χ0n) is 8.03. The predicted molar refractivity (Wildman–Crippen MR) is 62.4 cm³/mol. The van der Waals surface area contributed by atoms with Crippen LogP contribution in [0.4, 0.5) is 5.69 Å². The van der Waals surface area contributed by atoms with Crippen LogP contribution in [0.15, 0.2) is 55.3 Å². The summed E-state index contributed by atoms with van der Waals surface area (Å²) in [5.74, 6) is 0. The summed E-state index contributed by atoms with van der Waals surface area (Å²) in [5.41, 5.74) is 14.1. The fraction of sp³-hybridized carbons (Fsp3) is 0. The van der Waals surface area contributed by atoms with Gasteiger partial charge in [0.15, 0.2) is 0 Å². The second-order valence-electron chi connectivity index (χ2n) is 3.06. The number of nitrogens with two attached hydrogens (primary N) is 2. The molecule has 0 aromatic heterocycles. The van der Waals surface area contributed by atoms with Crippen molar-refractivity contribution in [3.05, 3.63) is 60.8 Å². The van der Waals surface area contributed by atoms with E-state index in [1.165, 1.54) is 0 Å². The predicted octanol–water partition coefficient (Wildman–Crippen LogP) is 2.31. The van der Waals surface area contributed by atoms with E-state index in [2.05, 4.69) is 13.2 Å². The van der Waals surface area contributed by atoms with Gasteiger partial charge in [0.25, 0.3) is 0 Å². The highest BCUT2D eigenvalue weighted by atomic mass is 14.5. The lowest BCUT2D eigenvalue weighted by molar-refractivity contribution is 1.45. The number of hydrogen-bond acceptors (Lipinski definition) is 2. The Hall–Kier alpha value is -1.96. The van der Waals surface area contributed by atoms with Crippen molar-refractivity contribution in [1.29, 1.82) is 0 Å². The number of anilines is 1. The Balaban J connectivity index is 2.80. The molecule has 2 heteroatoms. The van der Waals surface area contributed by atoms with Gasteiger partial charge in [0.2, 0.25) is 0 Å². The third-order valence-electron chi connectivity index (χ3n) is 1.78. The minimum Gasteiger partial charge on any atom is -0.399 e. The second kappa shape index (κ2) is 4.33. The first-order chi connectivity index (χ1) is 6.59. The number of hydrogen-bond donors (Lipinski definition) is 2. The van der Waals surface area contributed by atoms with Crippen LogP contribution < -0.4 is 11.5 Å². The molecule has 0 saturated carbocycles. The third-order valence-corrected chi connectivity index (χ3v) is 1.78. The maximum atomic E-state index is 5.57. The first-order valence-electron chi connectivity index (χ1n) is 4.27. The first kappa shape index (κ1) is 10.1. The van der Waals surface area contributed by atoms with Crippen molar-refractivity contribution in [2.75, 3.05) is 5.73 Å². The van der Waals surface area contributed by atoms with Crippen LogP contribution in [0, 0.1) is 0 Å². The average molecular weight is 186 g/mol. The molecule has 0 amide bonds. The van der Waals surface area contributed by atoms with Crippen molar-refractivity contribution in [3.8, 4) is 0 Å². The van der Waals surface area contributed by atoms with Gasteiger partial charge in [-0.3, -0.25) is 0 Å². The molecule has 2 nitrogen and oxygen atoms in total. The topological polar surface area (TPSA) is 52.0 Å². The molecule has 0 aliphatic heterocycles. The van der Waals surface area contributed by atoms with Gasteiger partial charge in [-0.05, 0) is 29.3 Å². The van der Waals surface area contributed by atoms with Crippen molar-refractivity contribution in [3.63, 3.8) is 0 Å². The van der Waals surface area contributed by atoms with Crippen LogP contribution in [0.5, 0.6) is 0 Å². The molecule has 72 valence electrons. The summed E-state index contributed by atoms with van der Waals surface area (Å²) >= 11 is 0. The van der Waals surface area contributed by atoms with Crippen LogP contribution in [0.1, 0.15) is 5.56 Å². The molecule has 0 aliphatic carbocycles. The van der Waals surface area contributed by atoms with Crippen molar-refractivity contribution >= 4 is 11.3 Å². The van der Waals surface area contributed by atoms with E-state index < -0.39 is 0 Å². The largest absolute Gasteiger partial charge is 0.399 e. The smallest absolute Gasteiger partial charge is 0.0314 e. The Bertz CT molecular complexity index is 372. The van der Waals surface area contributed by atoms with E-state index in [4.69, 9.17) is 11.5 Å². The Morgan fingerprint density at radius 2 is 1.64 bits per heavy atom. The molecule has 0 fully saturated rings. The van der Waals surface area contributed by atoms with Crippen LogP contribution in [-0.4, -0.2) is 0 Å². The van der Waals surface area contributed by atoms with Gasteiger partial charge in [0, 0.05) is 11.4 Å². The highest BCUT2D eigenvalue weighted by Crippen LogP contribution is 2.15. The van der Waals surface area contributed by atoms with Crippen LogP contribution >= 0.6 is 0 Å². The fourth-order valence-electron chi connectivity index (χ4n) is 1.00. The summed E-state index contributed by atoms with van der Waals surface area (Å²) < 4.78 is 0. The van der Waals surface area contributed by atoms with E-state index in [-0.39, 0.29) is 0 Å². The summed E-state index contributed by atoms with van der Waals surface area (Å²) in [7, 11) is 0. The molecule has 1 aromatic carbocycles. The van der Waals surface area contributed by atoms with E-state index in [0.29, 0.717) is 5.70 Å². The van der Waals surface area contributed by atoms with Crippen LogP contribution in [0.25, 0.3) is 5.57 Å². The number of rotatable bonds is 3. The van der Waals surface area contributed by atoms with E-state index in [1.54, 1.807) is 6.08 Å². The first-order valence-corrected chi connectivity index (χ1v) is 4.27. The van der Waals surface area contributed by atoms with Crippen molar-refractivity contribution < 1.29 is 0 Å². The molecule has 0 saturated heterocycles. The average Bonchev–Trinajstić information content (AvgIpc) is 2.15. The molecule has 1 aromatic rings. The Kier molecular flexibility index (Phi) is 3.13. The highest BCUT2D eigenvalue weighted by Gasteiger charge is 1.93. The summed E-state index contributed by atoms with van der Waals surface area (Å²) in [6, 6.07) is 7.51. The zero-order valence-corrected chi connectivity index (χ0v) is 8.03. The van der Waals surface area contributed by atoms with E-state index in [1.807, 2.05) is 30.3 Å². The molecule has 0 atom stereocenters. The van der Waals surface area contributed by atoms with Gasteiger partial charge in [0.05, 0.1) is 0 Å². The summed E-state index contributed by atoms with van der Waals surface area (Å²) in [5, 5.41) is 0. The third kappa shape index (κ3) is 2.83. The summed E-state index contributed by atoms with van der Waals surface area (Å²) in [6.07, 6.45) is 3.55. The lowest BCUT2D eigenvalue weighted by Crippen LogP contribution is -1.89. The Labute approximate surface area is 84.2 Å². The Morgan fingerprint density at radius 3 is 2.14 bits per heavy atom. The molecule has 4 N–H and O–H groups in total. The molecule has 0 unspecified atom stereocenters. The van der Waals surface area contributed by atoms with Gasteiger partial charge < -0.3 is 11.5 Å². The van der Waals surface area contributed by atoms with Crippen LogP contribution in [0.3, 0.4) is 0 Å². The Morgan fingerprint density at radius 1 is 1.07 bits per heavy atom. The lowest BCUT2D eigenvalue weighted by Gasteiger charge is -2.00. The molecule has 0 aliphatic rings. The number of nitrogen functional groups attached to an aromatic ring is 1. The molecular weight excluding hydrogens is 172 g/mol. The molecule has 1 rings (SSSR count). The fourth-order valence-corrected chi connectivity index (χ4v) is 1.00. The minimum absolute atomic E-state index is 0.515. The maximum absolute atomic E-state index is 5.57. The van der Waals surface area contributed by atoms with Gasteiger partial charge in [-0.1, -0.05) is 31.4 Å². The van der Waals surface area contributed by atoms with Crippen molar-refractivity contribution in [1.82, 2.24) is 0 Å². The minimum atomic E-state index is 0.515. The summed E-state index contributed by atoms with van der Waals surface area (Å²) in [6.45, 7) is 7.47. The van der Waals surface area contributed by atoms with E-state index >= 15 is 0 Å². The lowest BCUT2D eigenvalue weighted by atomic mass is 10.1. The van der Waals surface area contributed by atoms with Gasteiger partial charge in [-0.15, -0.1) is 0 Å². The van der Waals surface area contributed by atoms with E-state index in [0.717, 1.165) is 16.8 Å². The molecule has 0 bridgehead atoms. The van der Waals surface area contributed by atoms with Gasteiger partial charge in [0.1, 0.15) is 0 Å². The SMILES string of the molecule is C=C(N)/C=C\C(=C)c1ccc(N)cc1. The van der Waals surface area contributed by atoms with Gasteiger partial charge in [-0.2, -0.15) is 0 Å². The maximum Gasteiger partial charge on any atom is 0.0314 e. The van der Waals surface area contributed by atoms with Gasteiger partial charge >= 0.3 is 0 Å². The molecule has 14 heavy (non-hydrogen) atoms. The normalized spacial score (nSPS) is 10.3. The zero-order chi connectivity index (χ0) is 10.6. The van der Waals surface area contributed by atoms with Crippen LogP contribution in [-0.2, 0) is 0 Å². The molecular formula is C12H14N2. The molecule has 0 heterocycles. The van der Waals surface area contributed by atoms with Gasteiger partial charge in [-0.25, -0.2) is 0 Å². The van der Waals surface area contributed by atoms with Crippen molar-refractivity contribution in [2.24, 2.45) is 5.73 Å². The standard InChI is InChI=1S/C12H14N2/c1-9(3-4-10(2)13)11-5-7-12(14)8-6-11/h3-8H,1-2,13-14H2/b4-3-. The monoisotopic (exact) mass is 186 g/mol. The number of benzene rings is 1. The second-order valence-corrected chi connectivity index (χ2v) is 3.06. The number of allylic oxidation sites excluding steroid dienone is 3. The quantitative estimate of drug-likeness (QED) is 0.562. The summed E-state index contributed by atoms with van der Waals surface area (Å²) in [4.78, 5) is 0. The van der Waals surface area contributed by atoms with Crippen molar-refractivity contribution in [2.45, 2.75) is 0 Å². The van der Waals surface area contributed by atoms with Crippen LogP contribution in [0.2, 0.25) is 0 Å². The highest BCUT2D eigenvalue weighted by molar-refractivity contribution is 5.73. The van der Waals surface area contributed by atoms with E-state index in [9.17, 15) is 0 Å². The molecule has 0 radical (unpaired) electrons.